The van der Waals surface area contributed by atoms with Crippen molar-refractivity contribution in [3.05, 3.63) is 24.3 Å². The van der Waals surface area contributed by atoms with Gasteiger partial charge in [-0.05, 0) is 36.9 Å². The fourth-order valence-corrected chi connectivity index (χ4v) is 1.72. The number of benzene rings is 1. The zero-order chi connectivity index (χ0) is 11.8. The lowest BCUT2D eigenvalue weighted by Crippen LogP contribution is -2.18. The Kier molecular flexibility index (Phi) is 5.78. The third-order valence-corrected chi connectivity index (χ3v) is 3.02. The van der Waals surface area contributed by atoms with E-state index in [1.165, 1.54) is 4.90 Å². The number of carbonyl (C=O) groups excluding carboxylic acids is 1. The summed E-state index contributed by atoms with van der Waals surface area (Å²) >= 11 is 1.73. The van der Waals surface area contributed by atoms with E-state index in [-0.39, 0.29) is 5.91 Å². The molecule has 0 fully saturated rings. The van der Waals surface area contributed by atoms with E-state index in [1.54, 1.807) is 18.8 Å². The van der Waals surface area contributed by atoms with Crippen molar-refractivity contribution in [3.63, 3.8) is 0 Å². The molecule has 0 aliphatic rings. The van der Waals surface area contributed by atoms with Crippen molar-refractivity contribution >= 4 is 23.4 Å². The molecule has 1 rings (SSSR count). The predicted octanol–water partition coefficient (Wildman–Crippen LogP) is 2.35. The van der Waals surface area contributed by atoms with Crippen LogP contribution >= 0.6 is 11.8 Å². The molecule has 0 spiro atoms. The third-order valence-electron chi connectivity index (χ3n) is 2.28. The van der Waals surface area contributed by atoms with Crippen LogP contribution in [0.5, 0.6) is 0 Å². The first-order valence-corrected chi connectivity index (χ1v) is 6.57. The van der Waals surface area contributed by atoms with E-state index in [9.17, 15) is 4.79 Å². The summed E-state index contributed by atoms with van der Waals surface area (Å²) in [5, 5.41) is 5.90. The van der Waals surface area contributed by atoms with Gasteiger partial charge < -0.3 is 10.6 Å². The van der Waals surface area contributed by atoms with Crippen LogP contribution in [0.15, 0.2) is 29.2 Å². The van der Waals surface area contributed by atoms with Crippen molar-refractivity contribution in [3.8, 4) is 0 Å². The molecule has 0 atom stereocenters. The van der Waals surface area contributed by atoms with Crippen molar-refractivity contribution in [1.82, 2.24) is 5.32 Å². The van der Waals surface area contributed by atoms with Crippen molar-refractivity contribution in [1.29, 1.82) is 0 Å². The van der Waals surface area contributed by atoms with E-state index in [0.717, 1.165) is 18.7 Å². The van der Waals surface area contributed by atoms with E-state index in [1.807, 2.05) is 0 Å². The molecule has 0 bridgehead atoms. The standard InChI is InChI=1S/C12H18N2OS/c1-13-12(15)4-3-9-14-10-5-7-11(16-2)8-6-10/h5-8,14H,3-4,9H2,1-2H3,(H,13,15). The summed E-state index contributed by atoms with van der Waals surface area (Å²) in [6.45, 7) is 0.825. The summed E-state index contributed by atoms with van der Waals surface area (Å²) in [6.07, 6.45) is 3.49. The van der Waals surface area contributed by atoms with Gasteiger partial charge in [-0.1, -0.05) is 0 Å². The average Bonchev–Trinajstić information content (AvgIpc) is 2.35. The predicted molar refractivity (Wildman–Crippen MR) is 70.0 cm³/mol. The van der Waals surface area contributed by atoms with Crippen molar-refractivity contribution in [2.24, 2.45) is 0 Å². The monoisotopic (exact) mass is 238 g/mol. The van der Waals surface area contributed by atoms with Crippen molar-refractivity contribution in [2.45, 2.75) is 17.7 Å². The zero-order valence-corrected chi connectivity index (χ0v) is 10.6. The normalized spacial score (nSPS) is 9.88. The lowest BCUT2D eigenvalue weighted by molar-refractivity contribution is -0.120. The molecule has 88 valence electrons. The van der Waals surface area contributed by atoms with Gasteiger partial charge in [0.1, 0.15) is 0 Å². The molecule has 0 heterocycles. The van der Waals surface area contributed by atoms with Gasteiger partial charge in [-0.2, -0.15) is 0 Å². The van der Waals surface area contributed by atoms with Crippen LogP contribution in [0.4, 0.5) is 5.69 Å². The summed E-state index contributed by atoms with van der Waals surface area (Å²) in [5.41, 5.74) is 1.11. The first kappa shape index (κ1) is 12.9. The summed E-state index contributed by atoms with van der Waals surface area (Å²) in [6, 6.07) is 8.30. The molecule has 16 heavy (non-hydrogen) atoms. The Bertz CT molecular complexity index is 324. The summed E-state index contributed by atoms with van der Waals surface area (Å²) in [4.78, 5) is 12.2. The molecule has 3 nitrogen and oxygen atoms in total. The van der Waals surface area contributed by atoms with Crippen LogP contribution < -0.4 is 10.6 Å². The Hall–Kier alpha value is -1.16. The fourth-order valence-electron chi connectivity index (χ4n) is 1.32. The number of amides is 1. The fraction of sp³-hybridized carbons (Fsp3) is 0.417. The minimum atomic E-state index is 0.0968. The van der Waals surface area contributed by atoms with Gasteiger partial charge in [-0.15, -0.1) is 11.8 Å². The topological polar surface area (TPSA) is 41.1 Å². The van der Waals surface area contributed by atoms with E-state index in [0.29, 0.717) is 6.42 Å². The lowest BCUT2D eigenvalue weighted by atomic mass is 10.2. The highest BCUT2D eigenvalue weighted by molar-refractivity contribution is 7.98. The molecule has 0 aliphatic heterocycles. The second kappa shape index (κ2) is 7.17. The Morgan fingerprint density at radius 1 is 1.31 bits per heavy atom. The Morgan fingerprint density at radius 2 is 2.00 bits per heavy atom. The molecule has 0 radical (unpaired) electrons. The minimum Gasteiger partial charge on any atom is -0.385 e. The molecule has 4 heteroatoms. The maximum absolute atomic E-state index is 11.0. The van der Waals surface area contributed by atoms with Crippen LogP contribution in [0.2, 0.25) is 0 Å². The van der Waals surface area contributed by atoms with Crippen LogP contribution in [0.1, 0.15) is 12.8 Å². The van der Waals surface area contributed by atoms with E-state index in [2.05, 4.69) is 41.2 Å². The number of carbonyl (C=O) groups is 1. The Morgan fingerprint density at radius 3 is 2.56 bits per heavy atom. The van der Waals surface area contributed by atoms with Gasteiger partial charge in [0.15, 0.2) is 0 Å². The van der Waals surface area contributed by atoms with Crippen LogP contribution in [-0.2, 0) is 4.79 Å². The Labute approximate surface area is 101 Å². The molecule has 2 N–H and O–H groups in total. The smallest absolute Gasteiger partial charge is 0.219 e. The molecular weight excluding hydrogens is 220 g/mol. The molecule has 0 saturated carbocycles. The molecule has 0 aromatic heterocycles. The number of anilines is 1. The quantitative estimate of drug-likeness (QED) is 0.590. The second-order valence-electron chi connectivity index (χ2n) is 3.43. The first-order valence-electron chi connectivity index (χ1n) is 5.34. The van der Waals surface area contributed by atoms with Gasteiger partial charge in [-0.25, -0.2) is 0 Å². The SMILES string of the molecule is CNC(=O)CCCNc1ccc(SC)cc1. The summed E-state index contributed by atoms with van der Waals surface area (Å²) < 4.78 is 0. The van der Waals surface area contributed by atoms with Gasteiger partial charge in [0.05, 0.1) is 0 Å². The average molecular weight is 238 g/mol. The van der Waals surface area contributed by atoms with Crippen LogP contribution in [-0.4, -0.2) is 25.8 Å². The number of nitrogens with one attached hydrogen (secondary N) is 2. The highest BCUT2D eigenvalue weighted by Gasteiger charge is 1.97. The van der Waals surface area contributed by atoms with Crippen molar-refractivity contribution < 1.29 is 4.79 Å². The van der Waals surface area contributed by atoms with Crippen LogP contribution in [0, 0.1) is 0 Å². The highest BCUT2D eigenvalue weighted by Crippen LogP contribution is 2.17. The number of thioether (sulfide) groups is 1. The molecule has 0 aliphatic carbocycles. The third kappa shape index (κ3) is 4.57. The summed E-state index contributed by atoms with van der Waals surface area (Å²) in [5.74, 6) is 0.0968. The van der Waals surface area contributed by atoms with Gasteiger partial charge >= 0.3 is 0 Å². The lowest BCUT2D eigenvalue weighted by Gasteiger charge is -2.06. The minimum absolute atomic E-state index is 0.0968. The van der Waals surface area contributed by atoms with Gasteiger partial charge in [0.25, 0.3) is 0 Å². The second-order valence-corrected chi connectivity index (χ2v) is 4.31. The number of hydrogen-bond acceptors (Lipinski definition) is 3. The number of rotatable bonds is 6. The van der Waals surface area contributed by atoms with Crippen LogP contribution in [0.3, 0.4) is 0 Å². The molecule has 1 aromatic carbocycles. The van der Waals surface area contributed by atoms with E-state index >= 15 is 0 Å². The highest BCUT2D eigenvalue weighted by atomic mass is 32.2. The molecule has 0 saturated heterocycles. The zero-order valence-electron chi connectivity index (χ0n) is 9.75. The van der Waals surface area contributed by atoms with Gasteiger partial charge in [0.2, 0.25) is 5.91 Å². The van der Waals surface area contributed by atoms with Gasteiger partial charge in [-0.3, -0.25) is 4.79 Å². The molecular formula is C12H18N2OS. The molecule has 1 aromatic rings. The van der Waals surface area contributed by atoms with Crippen molar-refractivity contribution in [2.75, 3.05) is 25.2 Å². The van der Waals surface area contributed by atoms with Gasteiger partial charge in [0, 0.05) is 30.6 Å². The summed E-state index contributed by atoms with van der Waals surface area (Å²) in [7, 11) is 1.66. The van der Waals surface area contributed by atoms with Crippen LogP contribution in [0.25, 0.3) is 0 Å². The largest absolute Gasteiger partial charge is 0.385 e. The molecule has 0 unspecified atom stereocenters. The molecule has 1 amide bonds. The number of hydrogen-bond donors (Lipinski definition) is 2. The van der Waals surface area contributed by atoms with E-state index < -0.39 is 0 Å². The maximum Gasteiger partial charge on any atom is 0.219 e. The Balaban J connectivity index is 2.24. The van der Waals surface area contributed by atoms with E-state index in [4.69, 9.17) is 0 Å². The maximum atomic E-state index is 11.0. The first-order chi connectivity index (χ1) is 7.76.